The summed E-state index contributed by atoms with van der Waals surface area (Å²) in [6, 6.07) is 6.96. The van der Waals surface area contributed by atoms with E-state index < -0.39 is 0 Å². The van der Waals surface area contributed by atoms with E-state index in [9.17, 15) is 4.39 Å². The number of para-hydroxylation sites is 1. The summed E-state index contributed by atoms with van der Waals surface area (Å²) in [7, 11) is 0. The van der Waals surface area contributed by atoms with Crippen molar-refractivity contribution in [1.82, 2.24) is 5.32 Å². The van der Waals surface area contributed by atoms with E-state index in [1.54, 1.807) is 6.07 Å². The first-order chi connectivity index (χ1) is 8.70. The molecule has 2 aromatic rings. The molecular weight excluding hydrogens is 229 g/mol. The summed E-state index contributed by atoms with van der Waals surface area (Å²) in [5, 5.41) is 4.23. The lowest BCUT2D eigenvalue weighted by atomic mass is 10.1. The van der Waals surface area contributed by atoms with Gasteiger partial charge < -0.3 is 9.73 Å². The molecule has 2 rings (SSSR count). The number of hydrogen-bond donors (Lipinski definition) is 1. The summed E-state index contributed by atoms with van der Waals surface area (Å²) in [4.78, 5) is 0. The highest BCUT2D eigenvalue weighted by molar-refractivity contribution is 5.78. The van der Waals surface area contributed by atoms with Crippen LogP contribution in [0.25, 0.3) is 11.0 Å². The third kappa shape index (κ3) is 3.10. The van der Waals surface area contributed by atoms with Crippen LogP contribution in [0.1, 0.15) is 26.0 Å². The van der Waals surface area contributed by atoms with E-state index in [0.717, 1.165) is 37.1 Å². The molecule has 0 aliphatic rings. The molecule has 1 atom stereocenters. The van der Waals surface area contributed by atoms with Crippen LogP contribution in [0.3, 0.4) is 0 Å². The molecule has 0 aliphatic carbocycles. The lowest BCUT2D eigenvalue weighted by Gasteiger charge is -2.10. The largest absolute Gasteiger partial charge is 0.458 e. The highest BCUT2D eigenvalue weighted by atomic mass is 19.1. The fraction of sp³-hybridized carbons (Fsp3) is 0.467. The second-order valence-corrected chi connectivity index (χ2v) is 4.88. The average molecular weight is 249 g/mol. The summed E-state index contributed by atoms with van der Waals surface area (Å²) in [6.45, 7) is 6.33. The Morgan fingerprint density at radius 1 is 1.39 bits per heavy atom. The number of benzene rings is 1. The molecule has 1 N–H and O–H groups in total. The number of furan rings is 1. The molecule has 3 heteroatoms. The Labute approximate surface area is 107 Å². The molecule has 0 aliphatic heterocycles. The van der Waals surface area contributed by atoms with Crippen molar-refractivity contribution < 1.29 is 8.81 Å². The Morgan fingerprint density at radius 2 is 2.22 bits per heavy atom. The maximum Gasteiger partial charge on any atom is 0.169 e. The van der Waals surface area contributed by atoms with Crippen LogP contribution in [0.4, 0.5) is 4.39 Å². The van der Waals surface area contributed by atoms with E-state index in [4.69, 9.17) is 4.42 Å². The first-order valence-electron chi connectivity index (χ1n) is 6.58. The topological polar surface area (TPSA) is 25.2 Å². The van der Waals surface area contributed by atoms with Gasteiger partial charge in [0.05, 0.1) is 0 Å². The van der Waals surface area contributed by atoms with E-state index in [2.05, 4.69) is 19.2 Å². The standard InChI is InChI=1S/C15H20FNO/c1-3-7-17-10-11(2)8-13-9-12-5-4-6-14(16)15(12)18-13/h4-6,9,11,17H,3,7-8,10H2,1-2H3. The Morgan fingerprint density at radius 3 is 2.94 bits per heavy atom. The Balaban J connectivity index is 2.01. The van der Waals surface area contributed by atoms with Crippen molar-refractivity contribution in [3.8, 4) is 0 Å². The zero-order valence-electron chi connectivity index (χ0n) is 11.0. The van der Waals surface area contributed by atoms with Gasteiger partial charge in [-0.05, 0) is 37.6 Å². The van der Waals surface area contributed by atoms with E-state index >= 15 is 0 Å². The Bertz CT molecular complexity index is 506. The number of halogens is 1. The van der Waals surface area contributed by atoms with Crippen LogP contribution in [-0.4, -0.2) is 13.1 Å². The van der Waals surface area contributed by atoms with Crippen LogP contribution >= 0.6 is 0 Å². The van der Waals surface area contributed by atoms with E-state index in [-0.39, 0.29) is 5.82 Å². The smallest absolute Gasteiger partial charge is 0.169 e. The minimum atomic E-state index is -0.282. The normalized spacial score (nSPS) is 13.1. The quantitative estimate of drug-likeness (QED) is 0.789. The molecule has 18 heavy (non-hydrogen) atoms. The molecule has 0 saturated heterocycles. The zero-order chi connectivity index (χ0) is 13.0. The number of rotatable bonds is 6. The first kappa shape index (κ1) is 13.1. The van der Waals surface area contributed by atoms with Crippen LogP contribution in [0.5, 0.6) is 0 Å². The average Bonchev–Trinajstić information content (AvgIpc) is 2.73. The third-order valence-electron chi connectivity index (χ3n) is 3.02. The third-order valence-corrected chi connectivity index (χ3v) is 3.02. The highest BCUT2D eigenvalue weighted by Gasteiger charge is 2.10. The number of hydrogen-bond acceptors (Lipinski definition) is 2. The van der Waals surface area contributed by atoms with Crippen LogP contribution < -0.4 is 5.32 Å². The minimum absolute atomic E-state index is 0.282. The molecule has 0 fully saturated rings. The summed E-state index contributed by atoms with van der Waals surface area (Å²) in [6.07, 6.45) is 1.98. The zero-order valence-corrected chi connectivity index (χ0v) is 11.0. The second-order valence-electron chi connectivity index (χ2n) is 4.88. The van der Waals surface area contributed by atoms with Crippen LogP contribution in [0, 0.1) is 11.7 Å². The van der Waals surface area contributed by atoms with Gasteiger partial charge in [0.25, 0.3) is 0 Å². The molecule has 1 aromatic carbocycles. The molecule has 1 heterocycles. The number of nitrogens with one attached hydrogen (secondary N) is 1. The van der Waals surface area contributed by atoms with E-state index in [0.29, 0.717) is 11.5 Å². The highest BCUT2D eigenvalue weighted by Crippen LogP contribution is 2.23. The summed E-state index contributed by atoms with van der Waals surface area (Å²) in [5.74, 6) is 1.07. The molecule has 1 aromatic heterocycles. The van der Waals surface area contributed by atoms with Crippen molar-refractivity contribution in [1.29, 1.82) is 0 Å². The molecule has 0 saturated carbocycles. The lowest BCUT2D eigenvalue weighted by Crippen LogP contribution is -2.22. The molecule has 0 amide bonds. The fourth-order valence-electron chi connectivity index (χ4n) is 2.12. The van der Waals surface area contributed by atoms with Crippen molar-refractivity contribution in [2.45, 2.75) is 26.7 Å². The first-order valence-corrected chi connectivity index (χ1v) is 6.58. The molecule has 98 valence electrons. The van der Waals surface area contributed by atoms with Crippen molar-refractivity contribution in [2.75, 3.05) is 13.1 Å². The van der Waals surface area contributed by atoms with Gasteiger partial charge in [0.2, 0.25) is 0 Å². The molecule has 1 unspecified atom stereocenters. The Kier molecular flexibility index (Phi) is 4.37. The van der Waals surface area contributed by atoms with Crippen LogP contribution in [0.15, 0.2) is 28.7 Å². The van der Waals surface area contributed by atoms with E-state index in [1.165, 1.54) is 6.07 Å². The fourth-order valence-corrected chi connectivity index (χ4v) is 2.12. The van der Waals surface area contributed by atoms with Gasteiger partial charge in [0, 0.05) is 11.8 Å². The SMILES string of the molecule is CCCNCC(C)Cc1cc2cccc(F)c2o1. The molecule has 2 nitrogen and oxygen atoms in total. The van der Waals surface area contributed by atoms with Crippen molar-refractivity contribution in [3.63, 3.8) is 0 Å². The summed E-state index contributed by atoms with van der Waals surface area (Å²) >= 11 is 0. The van der Waals surface area contributed by atoms with Gasteiger partial charge in [-0.15, -0.1) is 0 Å². The van der Waals surface area contributed by atoms with E-state index in [1.807, 2.05) is 12.1 Å². The minimum Gasteiger partial charge on any atom is -0.458 e. The van der Waals surface area contributed by atoms with Gasteiger partial charge in [0.1, 0.15) is 5.76 Å². The van der Waals surface area contributed by atoms with Crippen molar-refractivity contribution in [2.24, 2.45) is 5.92 Å². The Hall–Kier alpha value is -1.35. The van der Waals surface area contributed by atoms with Gasteiger partial charge >= 0.3 is 0 Å². The number of fused-ring (bicyclic) bond motifs is 1. The predicted octanol–water partition coefficient (Wildman–Crippen LogP) is 3.75. The summed E-state index contributed by atoms with van der Waals surface area (Å²) in [5.41, 5.74) is 0.376. The lowest BCUT2D eigenvalue weighted by molar-refractivity contribution is 0.447. The van der Waals surface area contributed by atoms with Gasteiger partial charge in [-0.25, -0.2) is 4.39 Å². The molecule has 0 bridgehead atoms. The predicted molar refractivity (Wildman–Crippen MR) is 72.2 cm³/mol. The molecule has 0 spiro atoms. The van der Waals surface area contributed by atoms with Gasteiger partial charge in [-0.2, -0.15) is 0 Å². The van der Waals surface area contributed by atoms with Crippen LogP contribution in [-0.2, 0) is 6.42 Å². The van der Waals surface area contributed by atoms with Crippen molar-refractivity contribution in [3.05, 3.63) is 35.8 Å². The van der Waals surface area contributed by atoms with Crippen LogP contribution in [0.2, 0.25) is 0 Å². The maximum absolute atomic E-state index is 13.5. The molecular formula is C15H20FNO. The van der Waals surface area contributed by atoms with Gasteiger partial charge in [-0.1, -0.05) is 26.0 Å². The monoisotopic (exact) mass is 249 g/mol. The van der Waals surface area contributed by atoms with Gasteiger partial charge in [-0.3, -0.25) is 0 Å². The summed E-state index contributed by atoms with van der Waals surface area (Å²) < 4.78 is 19.1. The second kappa shape index (κ2) is 6.01. The molecule has 0 radical (unpaired) electrons. The van der Waals surface area contributed by atoms with Crippen molar-refractivity contribution >= 4 is 11.0 Å². The van der Waals surface area contributed by atoms with Gasteiger partial charge in [0.15, 0.2) is 11.4 Å². The maximum atomic E-state index is 13.5.